The Kier molecular flexibility index (Phi) is 6.50. The molecule has 1 unspecified atom stereocenters. The van der Waals surface area contributed by atoms with Crippen LogP contribution >= 0.6 is 67.8 Å². The minimum atomic E-state index is -0.885. The van der Waals surface area contributed by atoms with Crippen molar-refractivity contribution in [2.45, 2.75) is 18.9 Å². The van der Waals surface area contributed by atoms with E-state index < -0.39 is 12.0 Å². The van der Waals surface area contributed by atoms with Crippen molar-refractivity contribution in [2.24, 2.45) is 5.92 Å². The Bertz CT molecular complexity index is 553. The first kappa shape index (κ1) is 17.7. The molecule has 0 saturated heterocycles. The van der Waals surface area contributed by atoms with Crippen LogP contribution in [0.15, 0.2) is 12.1 Å². The van der Waals surface area contributed by atoms with Crippen LogP contribution in [-0.2, 0) is 9.59 Å². The number of nitrogens with one attached hydrogen (secondary N) is 2. The van der Waals surface area contributed by atoms with Crippen molar-refractivity contribution < 1.29 is 14.7 Å². The fraction of sp³-hybridized carbons (Fsp3) is 0.385. The molecular formula is C13H13I3N2O3. The minimum Gasteiger partial charge on any atom is -0.480 e. The van der Waals surface area contributed by atoms with Gasteiger partial charge in [-0.3, -0.25) is 14.9 Å². The van der Waals surface area contributed by atoms with Gasteiger partial charge in [0.05, 0.1) is 12.2 Å². The van der Waals surface area contributed by atoms with Crippen molar-refractivity contribution in [3.05, 3.63) is 22.8 Å². The molecule has 0 aliphatic heterocycles. The van der Waals surface area contributed by atoms with Gasteiger partial charge in [0.25, 0.3) is 0 Å². The number of anilines is 1. The molecule has 0 spiro atoms. The van der Waals surface area contributed by atoms with Crippen LogP contribution in [0.4, 0.5) is 5.69 Å². The molecule has 1 aliphatic carbocycles. The number of carbonyl (C=O) groups excluding carboxylic acids is 1. The van der Waals surface area contributed by atoms with Gasteiger partial charge in [0.1, 0.15) is 6.04 Å². The summed E-state index contributed by atoms with van der Waals surface area (Å²) in [4.78, 5) is 23.1. The van der Waals surface area contributed by atoms with E-state index in [1.54, 1.807) is 0 Å². The van der Waals surface area contributed by atoms with Gasteiger partial charge in [-0.2, -0.15) is 0 Å². The fourth-order valence-electron chi connectivity index (χ4n) is 1.93. The average molecular weight is 626 g/mol. The van der Waals surface area contributed by atoms with Crippen LogP contribution in [-0.4, -0.2) is 29.6 Å². The number of carboxylic acid groups (broad SMARTS) is 1. The minimum absolute atomic E-state index is 0.00557. The number of benzene rings is 1. The standard InChI is InChI=1S/C13H13I3N2O3/c14-7-3-8(15)12(9(16)4-7)18-10(19)5-17-11(13(20)21)6-1-2-6/h3-4,6,11,17H,1-2,5H2,(H,18,19)(H,20,21). The molecule has 1 amide bonds. The second-order valence-corrected chi connectivity index (χ2v) is 8.40. The predicted octanol–water partition coefficient (Wildman–Crippen LogP) is 2.89. The van der Waals surface area contributed by atoms with Gasteiger partial charge in [0, 0.05) is 10.7 Å². The summed E-state index contributed by atoms with van der Waals surface area (Å²) in [6.07, 6.45) is 1.83. The van der Waals surface area contributed by atoms with Gasteiger partial charge in [0.2, 0.25) is 5.91 Å². The Morgan fingerprint density at radius 2 is 1.81 bits per heavy atom. The van der Waals surface area contributed by atoms with Crippen LogP contribution in [0.1, 0.15) is 12.8 Å². The quantitative estimate of drug-likeness (QED) is 0.425. The molecule has 3 N–H and O–H groups in total. The maximum Gasteiger partial charge on any atom is 0.320 e. The first-order valence-corrected chi connectivity index (χ1v) is 9.52. The summed E-state index contributed by atoms with van der Waals surface area (Å²) in [7, 11) is 0. The maximum atomic E-state index is 12.0. The number of halogens is 3. The number of aliphatic carboxylic acids is 1. The van der Waals surface area contributed by atoms with Gasteiger partial charge in [0.15, 0.2) is 0 Å². The molecule has 1 aromatic carbocycles. The highest BCUT2D eigenvalue weighted by atomic mass is 127. The lowest BCUT2D eigenvalue weighted by atomic mass is 10.2. The van der Waals surface area contributed by atoms with Crippen LogP contribution < -0.4 is 10.6 Å². The molecule has 1 atom stereocenters. The van der Waals surface area contributed by atoms with E-state index >= 15 is 0 Å². The van der Waals surface area contributed by atoms with E-state index in [1.807, 2.05) is 12.1 Å². The third kappa shape index (κ3) is 5.16. The lowest BCUT2D eigenvalue weighted by molar-refractivity contribution is -0.140. The molecule has 1 aliphatic rings. The molecule has 114 valence electrons. The number of amides is 1. The Labute approximate surface area is 163 Å². The van der Waals surface area contributed by atoms with E-state index in [-0.39, 0.29) is 18.4 Å². The van der Waals surface area contributed by atoms with Crippen LogP contribution in [0, 0.1) is 16.6 Å². The van der Waals surface area contributed by atoms with Gasteiger partial charge in [-0.1, -0.05) is 0 Å². The first-order valence-electron chi connectivity index (χ1n) is 6.29. The van der Waals surface area contributed by atoms with Gasteiger partial charge in [-0.15, -0.1) is 0 Å². The molecule has 1 saturated carbocycles. The zero-order valence-corrected chi connectivity index (χ0v) is 17.3. The van der Waals surface area contributed by atoms with Gasteiger partial charge < -0.3 is 10.4 Å². The molecule has 2 rings (SSSR count). The van der Waals surface area contributed by atoms with E-state index in [4.69, 9.17) is 5.11 Å². The summed E-state index contributed by atoms with van der Waals surface area (Å²) < 4.78 is 3.04. The SMILES string of the molecule is O=C(CNC(C(=O)O)C1CC1)Nc1c(I)cc(I)cc1I. The fourth-order valence-corrected chi connectivity index (χ4v) is 5.79. The Hall–Kier alpha value is 0.310. The molecule has 1 fully saturated rings. The second kappa shape index (κ2) is 7.73. The summed E-state index contributed by atoms with van der Waals surface area (Å²) in [6.45, 7) is 0.00557. The Balaban J connectivity index is 1.94. The Morgan fingerprint density at radius 3 is 2.29 bits per heavy atom. The van der Waals surface area contributed by atoms with Crippen LogP contribution in [0.5, 0.6) is 0 Å². The van der Waals surface area contributed by atoms with E-state index in [2.05, 4.69) is 78.4 Å². The van der Waals surface area contributed by atoms with Gasteiger partial charge >= 0.3 is 5.97 Å². The predicted molar refractivity (Wildman–Crippen MR) is 105 cm³/mol. The third-order valence-corrected chi connectivity index (χ3v) is 5.44. The van der Waals surface area contributed by atoms with Crippen LogP contribution in [0.25, 0.3) is 0 Å². The third-order valence-electron chi connectivity index (χ3n) is 3.11. The molecule has 21 heavy (non-hydrogen) atoms. The summed E-state index contributed by atoms with van der Waals surface area (Å²) in [6, 6.07) is 3.35. The highest BCUT2D eigenvalue weighted by molar-refractivity contribution is 14.1. The highest BCUT2D eigenvalue weighted by Gasteiger charge is 2.36. The molecule has 8 heteroatoms. The Morgan fingerprint density at radius 1 is 1.24 bits per heavy atom. The van der Waals surface area contributed by atoms with E-state index in [9.17, 15) is 9.59 Å². The van der Waals surface area contributed by atoms with Crippen molar-refractivity contribution in [2.75, 3.05) is 11.9 Å². The first-order chi connectivity index (χ1) is 9.88. The largest absolute Gasteiger partial charge is 0.480 e. The summed E-state index contributed by atoms with van der Waals surface area (Å²) in [5.41, 5.74) is 0.779. The van der Waals surface area contributed by atoms with Crippen molar-refractivity contribution >= 4 is 85.3 Å². The molecule has 0 aromatic heterocycles. The van der Waals surface area contributed by atoms with Crippen molar-refractivity contribution in [1.29, 1.82) is 0 Å². The smallest absolute Gasteiger partial charge is 0.320 e. The number of rotatable bonds is 6. The van der Waals surface area contributed by atoms with E-state index in [0.717, 1.165) is 29.2 Å². The normalized spacial score (nSPS) is 15.6. The summed E-state index contributed by atoms with van der Waals surface area (Å²) >= 11 is 6.59. The van der Waals surface area contributed by atoms with E-state index in [1.165, 1.54) is 0 Å². The van der Waals surface area contributed by atoms with Crippen molar-refractivity contribution in [3.8, 4) is 0 Å². The number of carbonyl (C=O) groups is 2. The van der Waals surface area contributed by atoms with Crippen molar-refractivity contribution in [1.82, 2.24) is 5.32 Å². The van der Waals surface area contributed by atoms with Crippen LogP contribution in [0.3, 0.4) is 0 Å². The zero-order chi connectivity index (χ0) is 15.6. The second-order valence-electron chi connectivity index (χ2n) is 4.83. The van der Waals surface area contributed by atoms with E-state index in [0.29, 0.717) is 0 Å². The molecule has 1 aromatic rings. The monoisotopic (exact) mass is 626 g/mol. The van der Waals surface area contributed by atoms with Gasteiger partial charge in [-0.25, -0.2) is 0 Å². The zero-order valence-electron chi connectivity index (χ0n) is 10.8. The number of carboxylic acids is 1. The highest BCUT2D eigenvalue weighted by Crippen LogP contribution is 2.32. The molecule has 0 bridgehead atoms. The number of hydrogen-bond donors (Lipinski definition) is 3. The summed E-state index contributed by atoms with van der Waals surface area (Å²) in [5, 5.41) is 14.8. The molecule has 0 radical (unpaired) electrons. The molecular weight excluding hydrogens is 613 g/mol. The van der Waals surface area contributed by atoms with Crippen LogP contribution in [0.2, 0.25) is 0 Å². The topological polar surface area (TPSA) is 78.4 Å². The summed E-state index contributed by atoms with van der Waals surface area (Å²) in [5.74, 6) is -0.948. The van der Waals surface area contributed by atoms with Crippen molar-refractivity contribution in [3.63, 3.8) is 0 Å². The average Bonchev–Trinajstić information content (AvgIpc) is 3.18. The molecule has 0 heterocycles. The van der Waals surface area contributed by atoms with Gasteiger partial charge in [-0.05, 0) is 98.7 Å². The maximum absolute atomic E-state index is 12.0. The lowest BCUT2D eigenvalue weighted by Gasteiger charge is -2.14. The molecule has 5 nitrogen and oxygen atoms in total. The lowest BCUT2D eigenvalue weighted by Crippen LogP contribution is -2.42. The number of hydrogen-bond acceptors (Lipinski definition) is 3.